The van der Waals surface area contributed by atoms with Crippen LogP contribution < -0.4 is 4.72 Å². The van der Waals surface area contributed by atoms with Crippen molar-refractivity contribution in [2.24, 2.45) is 0 Å². The number of rotatable bonds is 6. The number of likely N-dealkylation sites (tertiary alicyclic amines) is 1. The summed E-state index contributed by atoms with van der Waals surface area (Å²) in [6.07, 6.45) is 2.10. The van der Waals surface area contributed by atoms with Crippen molar-refractivity contribution in [1.29, 1.82) is 0 Å². The molecule has 2 rings (SSSR count). The van der Waals surface area contributed by atoms with Gasteiger partial charge in [0.1, 0.15) is 0 Å². The van der Waals surface area contributed by atoms with E-state index >= 15 is 0 Å². The van der Waals surface area contributed by atoms with Crippen LogP contribution in [0.1, 0.15) is 28.8 Å². The maximum absolute atomic E-state index is 12.0. The quantitative estimate of drug-likeness (QED) is 0.815. The van der Waals surface area contributed by atoms with E-state index < -0.39 is 16.0 Å². The highest BCUT2D eigenvalue weighted by molar-refractivity contribution is 7.88. The van der Waals surface area contributed by atoms with Crippen LogP contribution in [-0.4, -0.2) is 50.6 Å². The highest BCUT2D eigenvalue weighted by Gasteiger charge is 2.22. The fraction of sp³-hybridized carbons (Fsp3) is 0.500. The predicted octanol–water partition coefficient (Wildman–Crippen LogP) is 0.898. The normalized spacial score (nSPS) is 19.8. The molecule has 7 heteroatoms. The maximum Gasteiger partial charge on any atom is 0.335 e. The molecule has 116 valence electrons. The van der Waals surface area contributed by atoms with Gasteiger partial charge in [-0.25, -0.2) is 17.9 Å². The topological polar surface area (TPSA) is 86.7 Å². The van der Waals surface area contributed by atoms with Gasteiger partial charge in [0.15, 0.2) is 0 Å². The zero-order chi connectivity index (χ0) is 15.5. The fourth-order valence-corrected chi connectivity index (χ4v) is 3.65. The molecule has 1 unspecified atom stereocenters. The zero-order valence-corrected chi connectivity index (χ0v) is 12.8. The number of sulfonamides is 1. The molecule has 0 saturated carbocycles. The lowest BCUT2D eigenvalue weighted by Gasteiger charge is -2.19. The molecule has 0 aromatic heterocycles. The number of carboxylic acid groups (broad SMARTS) is 1. The van der Waals surface area contributed by atoms with E-state index in [1.807, 2.05) is 7.05 Å². The Bertz CT molecular complexity index is 598. The first-order valence-corrected chi connectivity index (χ1v) is 8.52. The second-order valence-corrected chi connectivity index (χ2v) is 7.19. The van der Waals surface area contributed by atoms with Crippen LogP contribution in [0.25, 0.3) is 0 Å². The molecular weight excluding hydrogens is 292 g/mol. The van der Waals surface area contributed by atoms with Gasteiger partial charge < -0.3 is 10.0 Å². The molecule has 21 heavy (non-hydrogen) atoms. The summed E-state index contributed by atoms with van der Waals surface area (Å²) in [7, 11) is -1.41. The summed E-state index contributed by atoms with van der Waals surface area (Å²) >= 11 is 0. The van der Waals surface area contributed by atoms with Crippen molar-refractivity contribution in [3.63, 3.8) is 0 Å². The monoisotopic (exact) mass is 312 g/mol. The molecule has 1 aliphatic heterocycles. The average molecular weight is 312 g/mol. The van der Waals surface area contributed by atoms with Crippen molar-refractivity contribution in [3.05, 3.63) is 35.4 Å². The highest BCUT2D eigenvalue weighted by Crippen LogP contribution is 2.14. The second-order valence-electron chi connectivity index (χ2n) is 5.39. The summed E-state index contributed by atoms with van der Waals surface area (Å²) in [4.78, 5) is 12.9. The lowest BCUT2D eigenvalue weighted by atomic mass is 10.1. The van der Waals surface area contributed by atoms with Crippen molar-refractivity contribution in [1.82, 2.24) is 9.62 Å². The van der Waals surface area contributed by atoms with Crippen LogP contribution in [0.3, 0.4) is 0 Å². The Morgan fingerprint density at radius 3 is 2.57 bits per heavy atom. The number of hydrogen-bond acceptors (Lipinski definition) is 4. The van der Waals surface area contributed by atoms with E-state index in [1.54, 1.807) is 0 Å². The molecule has 1 aromatic carbocycles. The Morgan fingerprint density at radius 2 is 2.05 bits per heavy atom. The lowest BCUT2D eigenvalue weighted by molar-refractivity contribution is 0.0697. The predicted molar refractivity (Wildman–Crippen MR) is 79.7 cm³/mol. The SMILES string of the molecule is CN1CCCC1CNS(=O)(=O)Cc1ccc(C(=O)O)cc1. The standard InChI is InChI=1S/C14H20N2O4S/c1-16-8-2-3-13(16)9-15-21(19,20)10-11-4-6-12(7-5-11)14(17)18/h4-7,13,15H,2-3,8-10H2,1H3,(H,17,18). The molecule has 6 nitrogen and oxygen atoms in total. The first-order valence-electron chi connectivity index (χ1n) is 6.87. The number of aromatic carboxylic acids is 1. The molecule has 0 amide bonds. The lowest BCUT2D eigenvalue weighted by Crippen LogP contribution is -2.38. The van der Waals surface area contributed by atoms with Crippen LogP contribution in [0.4, 0.5) is 0 Å². The molecule has 1 heterocycles. The van der Waals surface area contributed by atoms with Gasteiger partial charge in [-0.15, -0.1) is 0 Å². The van der Waals surface area contributed by atoms with Crippen LogP contribution in [0, 0.1) is 0 Å². The minimum atomic E-state index is -3.40. The summed E-state index contributed by atoms with van der Waals surface area (Å²) in [5.41, 5.74) is 0.726. The van der Waals surface area contributed by atoms with E-state index in [1.165, 1.54) is 24.3 Å². The van der Waals surface area contributed by atoms with E-state index in [-0.39, 0.29) is 17.4 Å². The first kappa shape index (κ1) is 15.9. The largest absolute Gasteiger partial charge is 0.478 e. The van der Waals surface area contributed by atoms with E-state index in [0.29, 0.717) is 12.1 Å². The molecule has 2 N–H and O–H groups in total. The zero-order valence-electron chi connectivity index (χ0n) is 11.9. The number of likely N-dealkylation sites (N-methyl/N-ethyl adjacent to an activating group) is 1. The number of benzene rings is 1. The fourth-order valence-electron chi connectivity index (χ4n) is 2.47. The first-order chi connectivity index (χ1) is 9.87. The number of carbonyl (C=O) groups is 1. The Hall–Kier alpha value is -1.44. The van der Waals surface area contributed by atoms with E-state index in [9.17, 15) is 13.2 Å². The Kier molecular flexibility index (Phi) is 4.97. The third-order valence-electron chi connectivity index (χ3n) is 3.77. The van der Waals surface area contributed by atoms with Crippen molar-refractivity contribution < 1.29 is 18.3 Å². The van der Waals surface area contributed by atoms with Gasteiger partial charge in [-0.1, -0.05) is 12.1 Å². The van der Waals surface area contributed by atoms with Gasteiger partial charge in [0.25, 0.3) is 0 Å². The Labute approximate surface area is 124 Å². The summed E-state index contributed by atoms with van der Waals surface area (Å²) < 4.78 is 26.7. The summed E-state index contributed by atoms with van der Waals surface area (Å²) in [5, 5.41) is 8.80. The van der Waals surface area contributed by atoms with Gasteiger partial charge in [-0.3, -0.25) is 0 Å². The summed E-state index contributed by atoms with van der Waals surface area (Å²) in [6.45, 7) is 1.43. The van der Waals surface area contributed by atoms with Gasteiger partial charge >= 0.3 is 5.97 Å². The van der Waals surface area contributed by atoms with Gasteiger partial charge in [0.2, 0.25) is 10.0 Å². The highest BCUT2D eigenvalue weighted by atomic mass is 32.2. The smallest absolute Gasteiger partial charge is 0.335 e. The minimum Gasteiger partial charge on any atom is -0.478 e. The molecule has 1 fully saturated rings. The molecule has 1 aromatic rings. The average Bonchev–Trinajstić information content (AvgIpc) is 2.82. The Morgan fingerprint density at radius 1 is 1.38 bits per heavy atom. The third-order valence-corrected chi connectivity index (χ3v) is 5.09. The van der Waals surface area contributed by atoms with Crippen molar-refractivity contribution in [2.45, 2.75) is 24.6 Å². The molecule has 0 radical (unpaired) electrons. The van der Waals surface area contributed by atoms with E-state index in [0.717, 1.165) is 19.4 Å². The number of hydrogen-bond donors (Lipinski definition) is 2. The summed E-state index contributed by atoms with van der Waals surface area (Å²) in [6, 6.07) is 6.15. The Balaban J connectivity index is 1.92. The molecule has 1 saturated heterocycles. The molecule has 1 atom stereocenters. The van der Waals surface area contributed by atoms with Crippen LogP contribution in [-0.2, 0) is 15.8 Å². The van der Waals surface area contributed by atoms with Gasteiger partial charge in [0.05, 0.1) is 11.3 Å². The third kappa shape index (κ3) is 4.52. The van der Waals surface area contributed by atoms with E-state index in [2.05, 4.69) is 9.62 Å². The van der Waals surface area contributed by atoms with Gasteiger partial charge in [-0.2, -0.15) is 0 Å². The van der Waals surface area contributed by atoms with Crippen molar-refractivity contribution in [2.75, 3.05) is 20.1 Å². The van der Waals surface area contributed by atoms with Crippen LogP contribution >= 0.6 is 0 Å². The number of nitrogens with zero attached hydrogens (tertiary/aromatic N) is 1. The van der Waals surface area contributed by atoms with Gasteiger partial charge in [0, 0.05) is 12.6 Å². The van der Waals surface area contributed by atoms with Crippen LogP contribution in [0.2, 0.25) is 0 Å². The van der Waals surface area contributed by atoms with Gasteiger partial charge in [-0.05, 0) is 44.1 Å². The maximum atomic E-state index is 12.0. The molecule has 1 aliphatic rings. The molecule has 0 bridgehead atoms. The number of carboxylic acids is 1. The van der Waals surface area contributed by atoms with E-state index in [4.69, 9.17) is 5.11 Å². The second kappa shape index (κ2) is 6.55. The number of nitrogens with one attached hydrogen (secondary N) is 1. The van der Waals surface area contributed by atoms with Crippen LogP contribution in [0.15, 0.2) is 24.3 Å². The molecule has 0 spiro atoms. The van der Waals surface area contributed by atoms with Crippen LogP contribution in [0.5, 0.6) is 0 Å². The van der Waals surface area contributed by atoms with Crippen molar-refractivity contribution >= 4 is 16.0 Å². The molecular formula is C14H20N2O4S. The molecule has 0 aliphatic carbocycles. The minimum absolute atomic E-state index is 0.136. The van der Waals surface area contributed by atoms with Crippen molar-refractivity contribution in [3.8, 4) is 0 Å². The summed E-state index contributed by atoms with van der Waals surface area (Å²) in [5.74, 6) is -1.16.